The fraction of sp³-hybridized carbons (Fsp3) is 0.938. The van der Waals surface area contributed by atoms with Gasteiger partial charge in [0, 0.05) is 18.1 Å². The number of hydrogen-bond donors (Lipinski definition) is 2. The maximum atomic E-state index is 12.1. The van der Waals surface area contributed by atoms with Gasteiger partial charge in [0.25, 0.3) is 0 Å². The number of amides is 1. The van der Waals surface area contributed by atoms with Crippen LogP contribution in [0, 0.1) is 5.92 Å². The number of nitrogens with one attached hydrogen (secondary N) is 2. The summed E-state index contributed by atoms with van der Waals surface area (Å²) in [6.07, 6.45) is 2.18. The number of hydrogen-bond acceptors (Lipinski definition) is 3. The third-order valence-corrected chi connectivity index (χ3v) is 4.50. The van der Waals surface area contributed by atoms with Gasteiger partial charge in [-0.25, -0.2) is 0 Å². The van der Waals surface area contributed by atoms with E-state index in [0.29, 0.717) is 12.0 Å². The summed E-state index contributed by atoms with van der Waals surface area (Å²) < 4.78 is 0. The van der Waals surface area contributed by atoms with E-state index in [1.54, 1.807) is 0 Å². The van der Waals surface area contributed by atoms with E-state index >= 15 is 0 Å². The van der Waals surface area contributed by atoms with Crippen LogP contribution < -0.4 is 10.6 Å². The first-order valence-corrected chi connectivity index (χ1v) is 8.04. The minimum absolute atomic E-state index is 0.107. The van der Waals surface area contributed by atoms with E-state index in [4.69, 9.17) is 0 Å². The van der Waals surface area contributed by atoms with Crippen molar-refractivity contribution in [2.75, 3.05) is 19.6 Å². The van der Waals surface area contributed by atoms with Crippen molar-refractivity contribution in [1.82, 2.24) is 15.5 Å². The third kappa shape index (κ3) is 5.41. The minimum atomic E-state index is -0.117. The van der Waals surface area contributed by atoms with Gasteiger partial charge in [-0.2, -0.15) is 0 Å². The average molecular weight is 283 g/mol. The SMILES string of the molecule is CCC(C)(C)NC(=O)C(C)NCC1CCN(C(C)C)C1. The molecular weight excluding hydrogens is 250 g/mol. The molecule has 0 aromatic carbocycles. The fourth-order valence-corrected chi connectivity index (χ4v) is 2.46. The molecule has 1 heterocycles. The molecule has 0 aromatic heterocycles. The standard InChI is InChI=1S/C16H33N3O/c1-7-16(5,6)18-15(20)13(4)17-10-14-8-9-19(11-14)12(2)3/h12-14,17H,7-11H2,1-6H3,(H,18,20). The van der Waals surface area contributed by atoms with Gasteiger partial charge in [-0.1, -0.05) is 6.92 Å². The maximum Gasteiger partial charge on any atom is 0.237 e. The molecule has 1 saturated heterocycles. The lowest BCUT2D eigenvalue weighted by molar-refractivity contribution is -0.124. The summed E-state index contributed by atoms with van der Waals surface area (Å²) in [6, 6.07) is 0.514. The van der Waals surface area contributed by atoms with Gasteiger partial charge in [0.15, 0.2) is 0 Å². The zero-order chi connectivity index (χ0) is 15.3. The molecule has 4 nitrogen and oxygen atoms in total. The Kier molecular flexibility index (Phi) is 6.46. The lowest BCUT2D eigenvalue weighted by Gasteiger charge is -2.27. The van der Waals surface area contributed by atoms with Gasteiger partial charge in [0.1, 0.15) is 0 Å². The Balaban J connectivity index is 2.30. The van der Waals surface area contributed by atoms with Crippen molar-refractivity contribution in [1.29, 1.82) is 0 Å². The highest BCUT2D eigenvalue weighted by Gasteiger charge is 2.26. The Labute approximate surface area is 124 Å². The van der Waals surface area contributed by atoms with Gasteiger partial charge in [0.05, 0.1) is 6.04 Å². The van der Waals surface area contributed by atoms with Crippen molar-refractivity contribution in [2.24, 2.45) is 5.92 Å². The van der Waals surface area contributed by atoms with E-state index in [9.17, 15) is 4.79 Å². The average Bonchev–Trinajstić information content (AvgIpc) is 2.84. The Morgan fingerprint density at radius 2 is 2.00 bits per heavy atom. The van der Waals surface area contributed by atoms with Crippen molar-refractivity contribution < 1.29 is 4.79 Å². The van der Waals surface area contributed by atoms with Crippen LogP contribution in [0.15, 0.2) is 0 Å². The lowest BCUT2D eigenvalue weighted by atomic mass is 10.0. The normalized spacial score (nSPS) is 22.2. The first-order chi connectivity index (χ1) is 9.25. The highest BCUT2D eigenvalue weighted by Crippen LogP contribution is 2.17. The molecule has 1 fully saturated rings. The number of carbonyl (C=O) groups excluding carboxylic acids is 1. The molecule has 0 spiro atoms. The molecule has 20 heavy (non-hydrogen) atoms. The number of rotatable bonds is 7. The highest BCUT2D eigenvalue weighted by molar-refractivity contribution is 5.81. The van der Waals surface area contributed by atoms with Crippen LogP contribution in [0.25, 0.3) is 0 Å². The van der Waals surface area contributed by atoms with Crippen LogP contribution in [0.5, 0.6) is 0 Å². The zero-order valence-electron chi connectivity index (χ0n) is 14.1. The second-order valence-electron chi connectivity index (χ2n) is 7.10. The maximum absolute atomic E-state index is 12.1. The fourth-order valence-electron chi connectivity index (χ4n) is 2.46. The summed E-state index contributed by atoms with van der Waals surface area (Å²) in [6.45, 7) is 16.0. The van der Waals surface area contributed by atoms with Gasteiger partial charge in [-0.05, 0) is 66.5 Å². The van der Waals surface area contributed by atoms with Gasteiger partial charge in [-0.3, -0.25) is 4.79 Å². The zero-order valence-corrected chi connectivity index (χ0v) is 14.1. The van der Waals surface area contributed by atoms with Gasteiger partial charge < -0.3 is 15.5 Å². The van der Waals surface area contributed by atoms with E-state index in [2.05, 4.69) is 50.2 Å². The molecule has 0 aliphatic carbocycles. The van der Waals surface area contributed by atoms with E-state index in [-0.39, 0.29) is 17.5 Å². The van der Waals surface area contributed by atoms with Crippen molar-refractivity contribution in [3.63, 3.8) is 0 Å². The summed E-state index contributed by atoms with van der Waals surface area (Å²) in [5, 5.41) is 6.49. The van der Waals surface area contributed by atoms with Crippen LogP contribution in [-0.4, -0.2) is 48.1 Å². The molecule has 1 aliphatic heterocycles. The van der Waals surface area contributed by atoms with E-state index in [0.717, 1.165) is 19.5 Å². The minimum Gasteiger partial charge on any atom is -0.350 e. The summed E-state index contributed by atoms with van der Waals surface area (Å²) in [7, 11) is 0. The van der Waals surface area contributed by atoms with Crippen molar-refractivity contribution in [2.45, 2.75) is 72.0 Å². The van der Waals surface area contributed by atoms with Crippen LogP contribution in [-0.2, 0) is 4.79 Å². The number of likely N-dealkylation sites (tertiary alicyclic amines) is 1. The Hall–Kier alpha value is -0.610. The van der Waals surface area contributed by atoms with Crippen molar-refractivity contribution in [3.05, 3.63) is 0 Å². The molecule has 0 bridgehead atoms. The third-order valence-electron chi connectivity index (χ3n) is 4.50. The second-order valence-corrected chi connectivity index (χ2v) is 7.10. The Bertz CT molecular complexity index is 315. The Morgan fingerprint density at radius 1 is 1.35 bits per heavy atom. The summed E-state index contributed by atoms with van der Waals surface area (Å²) in [5.74, 6) is 0.780. The van der Waals surface area contributed by atoms with Gasteiger partial charge in [-0.15, -0.1) is 0 Å². The molecule has 4 heteroatoms. The molecule has 118 valence electrons. The highest BCUT2D eigenvalue weighted by atomic mass is 16.2. The predicted octanol–water partition coefficient (Wildman–Crippen LogP) is 2.00. The number of carbonyl (C=O) groups is 1. The van der Waals surface area contributed by atoms with Crippen LogP contribution in [0.4, 0.5) is 0 Å². The smallest absolute Gasteiger partial charge is 0.237 e. The lowest BCUT2D eigenvalue weighted by Crippen LogP contribution is -2.51. The first-order valence-electron chi connectivity index (χ1n) is 8.04. The molecule has 0 aromatic rings. The van der Waals surface area contributed by atoms with E-state index in [1.807, 2.05) is 6.92 Å². The quantitative estimate of drug-likeness (QED) is 0.751. The second kappa shape index (κ2) is 7.41. The molecule has 1 rings (SSSR count). The van der Waals surface area contributed by atoms with E-state index in [1.165, 1.54) is 13.0 Å². The van der Waals surface area contributed by atoms with Crippen LogP contribution in [0.3, 0.4) is 0 Å². The topological polar surface area (TPSA) is 44.4 Å². The molecule has 1 aliphatic rings. The molecule has 2 atom stereocenters. The summed E-state index contributed by atoms with van der Waals surface area (Å²) in [4.78, 5) is 14.6. The predicted molar refractivity (Wildman–Crippen MR) is 84.8 cm³/mol. The molecule has 0 radical (unpaired) electrons. The number of nitrogens with zero attached hydrogens (tertiary/aromatic N) is 1. The van der Waals surface area contributed by atoms with E-state index < -0.39 is 0 Å². The van der Waals surface area contributed by atoms with Crippen LogP contribution in [0.1, 0.15) is 54.4 Å². The summed E-state index contributed by atoms with van der Waals surface area (Å²) >= 11 is 0. The molecular formula is C16H33N3O. The monoisotopic (exact) mass is 283 g/mol. The van der Waals surface area contributed by atoms with Crippen LogP contribution in [0.2, 0.25) is 0 Å². The largest absolute Gasteiger partial charge is 0.350 e. The molecule has 0 saturated carbocycles. The van der Waals surface area contributed by atoms with Gasteiger partial charge in [0.2, 0.25) is 5.91 Å². The van der Waals surface area contributed by atoms with Crippen LogP contribution >= 0.6 is 0 Å². The molecule has 1 amide bonds. The first kappa shape index (κ1) is 17.4. The van der Waals surface area contributed by atoms with Gasteiger partial charge >= 0.3 is 0 Å². The molecule has 2 N–H and O–H groups in total. The van der Waals surface area contributed by atoms with Crippen molar-refractivity contribution in [3.8, 4) is 0 Å². The Morgan fingerprint density at radius 3 is 2.50 bits per heavy atom. The summed E-state index contributed by atoms with van der Waals surface area (Å²) in [5.41, 5.74) is -0.116. The van der Waals surface area contributed by atoms with Crippen molar-refractivity contribution >= 4 is 5.91 Å². The molecule has 2 unspecified atom stereocenters.